The minimum atomic E-state index is -4.27. The Morgan fingerprint density at radius 1 is 1.24 bits per heavy atom. The summed E-state index contributed by atoms with van der Waals surface area (Å²) in [6.45, 7) is 0.976. The van der Waals surface area contributed by atoms with Crippen LogP contribution in [0.2, 0.25) is 0 Å². The topological polar surface area (TPSA) is 16.1 Å². The molecule has 94 valence electrons. The van der Waals surface area contributed by atoms with Gasteiger partial charge in [0, 0.05) is 10.7 Å². The summed E-state index contributed by atoms with van der Waals surface area (Å²) in [6, 6.07) is 1.45. The molecule has 1 aliphatic heterocycles. The second kappa shape index (κ2) is 4.94. The highest BCUT2D eigenvalue weighted by Gasteiger charge is 2.46. The highest BCUT2D eigenvalue weighted by Crippen LogP contribution is 2.38. The van der Waals surface area contributed by atoms with Crippen LogP contribution in [0.15, 0.2) is 22.8 Å². The van der Waals surface area contributed by atoms with Crippen molar-refractivity contribution in [2.24, 2.45) is 0 Å². The van der Waals surface area contributed by atoms with Crippen LogP contribution in [0, 0.1) is 0 Å². The van der Waals surface area contributed by atoms with Gasteiger partial charge in [0.15, 0.2) is 0 Å². The maximum Gasteiger partial charge on any atom is 0.409 e. The van der Waals surface area contributed by atoms with Gasteiger partial charge in [-0.1, -0.05) is 0 Å². The lowest BCUT2D eigenvalue weighted by Crippen LogP contribution is -2.37. The zero-order chi connectivity index (χ0) is 12.5. The fourth-order valence-electron chi connectivity index (χ4n) is 2.11. The molecule has 2 nitrogen and oxygen atoms in total. The van der Waals surface area contributed by atoms with Crippen molar-refractivity contribution in [2.45, 2.75) is 25.1 Å². The molecule has 17 heavy (non-hydrogen) atoms. The number of pyridine rings is 1. The average molecular weight is 309 g/mol. The van der Waals surface area contributed by atoms with E-state index in [4.69, 9.17) is 0 Å². The van der Waals surface area contributed by atoms with Gasteiger partial charge in [0.1, 0.15) is 6.04 Å². The molecule has 0 bridgehead atoms. The standard InChI is InChI=1S/C11H12BrF3N2/c12-8-3-4-9(16-7-8)10(11(13,14)15)17-5-1-2-6-17/h3-4,7,10H,1-2,5-6H2. The van der Waals surface area contributed by atoms with Crippen LogP contribution < -0.4 is 0 Å². The molecule has 0 amide bonds. The van der Waals surface area contributed by atoms with E-state index in [1.807, 2.05) is 0 Å². The molecule has 0 aliphatic carbocycles. The Morgan fingerprint density at radius 3 is 2.35 bits per heavy atom. The summed E-state index contributed by atoms with van der Waals surface area (Å²) in [5.41, 5.74) is 0.0719. The molecular weight excluding hydrogens is 297 g/mol. The van der Waals surface area contributed by atoms with E-state index >= 15 is 0 Å². The largest absolute Gasteiger partial charge is 0.409 e. The van der Waals surface area contributed by atoms with E-state index in [1.54, 1.807) is 6.07 Å². The second-order valence-corrected chi connectivity index (χ2v) is 5.00. The van der Waals surface area contributed by atoms with Crippen LogP contribution in [0.25, 0.3) is 0 Å². The van der Waals surface area contributed by atoms with Crippen LogP contribution in [-0.2, 0) is 0 Å². The lowest BCUT2D eigenvalue weighted by Gasteiger charge is -2.28. The molecule has 1 aliphatic rings. The van der Waals surface area contributed by atoms with E-state index in [9.17, 15) is 13.2 Å². The maximum absolute atomic E-state index is 13.1. The molecule has 2 heterocycles. The molecule has 0 radical (unpaired) electrons. The van der Waals surface area contributed by atoms with Crippen molar-refractivity contribution in [2.75, 3.05) is 13.1 Å². The normalized spacial score (nSPS) is 19.5. The summed E-state index contributed by atoms with van der Waals surface area (Å²) in [5.74, 6) is 0. The Bertz CT molecular complexity index is 371. The van der Waals surface area contributed by atoms with Gasteiger partial charge in [0.2, 0.25) is 0 Å². The predicted octanol–water partition coefficient (Wildman–Crippen LogP) is 3.54. The van der Waals surface area contributed by atoms with Crippen molar-refractivity contribution in [1.82, 2.24) is 9.88 Å². The van der Waals surface area contributed by atoms with Crippen LogP contribution in [0.1, 0.15) is 24.6 Å². The summed E-state index contributed by atoms with van der Waals surface area (Å²) >= 11 is 3.17. The van der Waals surface area contributed by atoms with Crippen LogP contribution >= 0.6 is 15.9 Å². The minimum absolute atomic E-state index is 0.0719. The third kappa shape index (κ3) is 2.98. The first-order chi connectivity index (χ1) is 7.98. The van der Waals surface area contributed by atoms with Crippen LogP contribution in [0.3, 0.4) is 0 Å². The molecule has 0 saturated carbocycles. The molecule has 1 fully saturated rings. The van der Waals surface area contributed by atoms with Crippen LogP contribution in [-0.4, -0.2) is 29.1 Å². The summed E-state index contributed by atoms with van der Waals surface area (Å²) in [6.07, 6.45) is -1.22. The molecular formula is C11H12BrF3N2. The Hall–Kier alpha value is -0.620. The molecule has 1 atom stereocenters. The van der Waals surface area contributed by atoms with Crippen molar-refractivity contribution in [3.8, 4) is 0 Å². The summed E-state index contributed by atoms with van der Waals surface area (Å²) in [5, 5.41) is 0. The number of alkyl halides is 3. The molecule has 2 rings (SSSR count). The predicted molar refractivity (Wildman–Crippen MR) is 61.5 cm³/mol. The van der Waals surface area contributed by atoms with Gasteiger partial charge in [0.05, 0.1) is 5.69 Å². The van der Waals surface area contributed by atoms with Gasteiger partial charge in [-0.2, -0.15) is 13.2 Å². The number of nitrogens with zero attached hydrogens (tertiary/aromatic N) is 2. The van der Waals surface area contributed by atoms with Crippen molar-refractivity contribution < 1.29 is 13.2 Å². The Morgan fingerprint density at radius 2 is 1.88 bits per heavy atom. The lowest BCUT2D eigenvalue weighted by molar-refractivity contribution is -0.184. The first-order valence-corrected chi connectivity index (χ1v) is 6.20. The van der Waals surface area contributed by atoms with Gasteiger partial charge in [-0.05, 0) is 54.0 Å². The first-order valence-electron chi connectivity index (χ1n) is 5.41. The number of likely N-dealkylation sites (tertiary alicyclic amines) is 1. The third-order valence-electron chi connectivity index (χ3n) is 2.85. The van der Waals surface area contributed by atoms with E-state index in [1.165, 1.54) is 17.2 Å². The SMILES string of the molecule is FC(F)(F)C(c1ccc(Br)cn1)N1CCCC1. The summed E-state index contributed by atoms with van der Waals surface area (Å²) in [7, 11) is 0. The van der Waals surface area contributed by atoms with E-state index in [0.29, 0.717) is 17.6 Å². The maximum atomic E-state index is 13.1. The number of rotatable bonds is 2. The second-order valence-electron chi connectivity index (χ2n) is 4.09. The number of aromatic nitrogens is 1. The Balaban J connectivity index is 2.29. The highest BCUT2D eigenvalue weighted by molar-refractivity contribution is 9.10. The zero-order valence-electron chi connectivity index (χ0n) is 9.04. The van der Waals surface area contributed by atoms with Gasteiger partial charge < -0.3 is 0 Å². The van der Waals surface area contributed by atoms with Crippen molar-refractivity contribution in [3.05, 3.63) is 28.5 Å². The first kappa shape index (κ1) is 12.8. The minimum Gasteiger partial charge on any atom is -0.287 e. The monoisotopic (exact) mass is 308 g/mol. The van der Waals surface area contributed by atoms with E-state index in [-0.39, 0.29) is 5.69 Å². The average Bonchev–Trinajstić information content (AvgIpc) is 2.72. The molecule has 0 aromatic carbocycles. The number of halogens is 4. The third-order valence-corrected chi connectivity index (χ3v) is 3.32. The molecule has 0 N–H and O–H groups in total. The molecule has 1 unspecified atom stereocenters. The number of hydrogen-bond donors (Lipinski definition) is 0. The van der Waals surface area contributed by atoms with Gasteiger partial charge in [-0.3, -0.25) is 9.88 Å². The van der Waals surface area contributed by atoms with Gasteiger partial charge >= 0.3 is 6.18 Å². The fourth-order valence-corrected chi connectivity index (χ4v) is 2.35. The number of hydrogen-bond acceptors (Lipinski definition) is 2. The molecule has 6 heteroatoms. The smallest absolute Gasteiger partial charge is 0.287 e. The van der Waals surface area contributed by atoms with Gasteiger partial charge in [-0.25, -0.2) is 0 Å². The van der Waals surface area contributed by atoms with Gasteiger partial charge in [0.25, 0.3) is 0 Å². The Kier molecular flexibility index (Phi) is 3.73. The lowest BCUT2D eigenvalue weighted by atomic mass is 10.1. The van der Waals surface area contributed by atoms with E-state index < -0.39 is 12.2 Å². The van der Waals surface area contributed by atoms with Crippen LogP contribution in [0.5, 0.6) is 0 Å². The quantitative estimate of drug-likeness (QED) is 0.830. The summed E-state index contributed by atoms with van der Waals surface area (Å²) in [4.78, 5) is 5.34. The molecule has 1 saturated heterocycles. The molecule has 1 aromatic rings. The highest BCUT2D eigenvalue weighted by atomic mass is 79.9. The molecule has 1 aromatic heterocycles. The van der Waals surface area contributed by atoms with E-state index in [2.05, 4.69) is 20.9 Å². The fraction of sp³-hybridized carbons (Fsp3) is 0.545. The van der Waals surface area contributed by atoms with Crippen LogP contribution in [0.4, 0.5) is 13.2 Å². The van der Waals surface area contributed by atoms with Gasteiger partial charge in [-0.15, -0.1) is 0 Å². The zero-order valence-corrected chi connectivity index (χ0v) is 10.6. The summed E-state index contributed by atoms with van der Waals surface area (Å²) < 4.78 is 39.9. The van der Waals surface area contributed by atoms with Crippen molar-refractivity contribution >= 4 is 15.9 Å². The van der Waals surface area contributed by atoms with Crippen molar-refractivity contribution in [3.63, 3.8) is 0 Å². The van der Waals surface area contributed by atoms with Crippen molar-refractivity contribution in [1.29, 1.82) is 0 Å². The molecule has 0 spiro atoms. The van der Waals surface area contributed by atoms with E-state index in [0.717, 1.165) is 12.8 Å². The Labute approximate surface area is 106 Å².